The van der Waals surface area contributed by atoms with Crippen LogP contribution in [0.4, 0.5) is 5.69 Å². The average molecular weight is 527 g/mol. The van der Waals surface area contributed by atoms with Gasteiger partial charge >= 0.3 is 0 Å². The number of halogens is 1. The molecule has 0 bridgehead atoms. The first-order valence-electron chi connectivity index (χ1n) is 9.92. The van der Waals surface area contributed by atoms with Crippen molar-refractivity contribution >= 4 is 52.9 Å². The molecule has 0 unspecified atom stereocenters. The predicted octanol–water partition coefficient (Wildman–Crippen LogP) is 3.80. The van der Waals surface area contributed by atoms with E-state index in [0.717, 1.165) is 48.3 Å². The van der Waals surface area contributed by atoms with Crippen molar-refractivity contribution in [3.8, 4) is 0 Å². The smallest absolute Gasteiger partial charge is 0.227 e. The maximum atomic E-state index is 12.6. The SMILES string of the molecule is CCNC(=NCc1sc(C)nc1C)NCCCC(=O)N1CCc2ccccc21.I. The van der Waals surface area contributed by atoms with Crippen LogP contribution in [0.5, 0.6) is 0 Å². The molecule has 1 aromatic heterocycles. The number of carbonyl (C=O) groups is 1. The van der Waals surface area contributed by atoms with Crippen molar-refractivity contribution in [1.82, 2.24) is 15.6 Å². The van der Waals surface area contributed by atoms with Gasteiger partial charge in [0.25, 0.3) is 0 Å². The minimum absolute atomic E-state index is 0. The lowest BCUT2D eigenvalue weighted by Gasteiger charge is -2.17. The third-order valence-electron chi connectivity index (χ3n) is 4.77. The number of amides is 1. The zero-order valence-corrected chi connectivity index (χ0v) is 20.5. The van der Waals surface area contributed by atoms with Gasteiger partial charge < -0.3 is 15.5 Å². The van der Waals surface area contributed by atoms with Crippen LogP contribution in [0, 0.1) is 13.8 Å². The van der Waals surface area contributed by atoms with Gasteiger partial charge in [-0.15, -0.1) is 35.3 Å². The number of benzene rings is 1. The molecule has 158 valence electrons. The van der Waals surface area contributed by atoms with Crippen LogP contribution in [0.3, 0.4) is 0 Å². The van der Waals surface area contributed by atoms with Gasteiger partial charge in [0, 0.05) is 36.6 Å². The number of fused-ring (bicyclic) bond motifs is 1. The van der Waals surface area contributed by atoms with Crippen LogP contribution in [0.1, 0.15) is 40.9 Å². The predicted molar refractivity (Wildman–Crippen MR) is 132 cm³/mol. The molecular formula is C21H30IN5OS. The first kappa shape index (κ1) is 23.6. The molecule has 1 aliphatic heterocycles. The number of hydrogen-bond acceptors (Lipinski definition) is 4. The number of aryl methyl sites for hydroxylation is 2. The molecule has 0 saturated heterocycles. The number of aliphatic imine (C=N–C) groups is 1. The molecule has 3 rings (SSSR count). The number of guanidine groups is 1. The largest absolute Gasteiger partial charge is 0.357 e. The highest BCUT2D eigenvalue weighted by Gasteiger charge is 2.23. The second-order valence-electron chi connectivity index (χ2n) is 6.89. The Morgan fingerprint density at radius 1 is 1.28 bits per heavy atom. The number of hydrogen-bond donors (Lipinski definition) is 2. The van der Waals surface area contributed by atoms with E-state index in [2.05, 4.69) is 26.7 Å². The lowest BCUT2D eigenvalue weighted by atomic mass is 10.2. The molecule has 29 heavy (non-hydrogen) atoms. The maximum Gasteiger partial charge on any atom is 0.227 e. The summed E-state index contributed by atoms with van der Waals surface area (Å²) in [6.07, 6.45) is 2.27. The van der Waals surface area contributed by atoms with E-state index < -0.39 is 0 Å². The van der Waals surface area contributed by atoms with Crippen molar-refractivity contribution < 1.29 is 4.79 Å². The summed E-state index contributed by atoms with van der Waals surface area (Å²) in [5.41, 5.74) is 3.40. The lowest BCUT2D eigenvalue weighted by Crippen LogP contribution is -2.38. The van der Waals surface area contributed by atoms with Gasteiger partial charge in [0.15, 0.2) is 5.96 Å². The van der Waals surface area contributed by atoms with Gasteiger partial charge in [0.2, 0.25) is 5.91 Å². The summed E-state index contributed by atoms with van der Waals surface area (Å²) in [5.74, 6) is 0.983. The quantitative estimate of drug-likeness (QED) is 0.249. The van der Waals surface area contributed by atoms with Gasteiger partial charge in [-0.1, -0.05) is 18.2 Å². The van der Waals surface area contributed by atoms with E-state index in [9.17, 15) is 4.79 Å². The Morgan fingerprint density at radius 2 is 2.07 bits per heavy atom. The summed E-state index contributed by atoms with van der Waals surface area (Å²) in [7, 11) is 0. The van der Waals surface area contributed by atoms with E-state index >= 15 is 0 Å². The first-order valence-corrected chi connectivity index (χ1v) is 10.7. The molecule has 0 aliphatic carbocycles. The van der Waals surface area contributed by atoms with Crippen molar-refractivity contribution in [3.05, 3.63) is 45.4 Å². The molecular weight excluding hydrogens is 497 g/mol. The van der Waals surface area contributed by atoms with Gasteiger partial charge in [0.05, 0.1) is 17.2 Å². The highest BCUT2D eigenvalue weighted by atomic mass is 127. The molecule has 1 amide bonds. The van der Waals surface area contributed by atoms with Crippen molar-refractivity contribution in [2.45, 2.75) is 46.6 Å². The Bertz CT molecular complexity index is 851. The van der Waals surface area contributed by atoms with E-state index in [4.69, 9.17) is 0 Å². The highest BCUT2D eigenvalue weighted by Crippen LogP contribution is 2.28. The normalized spacial score (nSPS) is 13.1. The van der Waals surface area contributed by atoms with Crippen LogP contribution in [0.2, 0.25) is 0 Å². The number of nitrogens with one attached hydrogen (secondary N) is 2. The van der Waals surface area contributed by atoms with Crippen LogP contribution in [-0.4, -0.2) is 36.5 Å². The van der Waals surface area contributed by atoms with Crippen LogP contribution < -0.4 is 15.5 Å². The average Bonchev–Trinajstić information content (AvgIpc) is 3.25. The fourth-order valence-corrected chi connectivity index (χ4v) is 4.25. The second-order valence-corrected chi connectivity index (χ2v) is 8.18. The van der Waals surface area contributed by atoms with Crippen LogP contribution in [0.15, 0.2) is 29.3 Å². The van der Waals surface area contributed by atoms with Crippen molar-refractivity contribution in [1.29, 1.82) is 0 Å². The zero-order chi connectivity index (χ0) is 19.9. The number of para-hydroxylation sites is 1. The van der Waals surface area contributed by atoms with E-state index in [0.29, 0.717) is 19.5 Å². The minimum Gasteiger partial charge on any atom is -0.357 e. The molecule has 0 saturated carbocycles. The fourth-order valence-electron chi connectivity index (χ4n) is 3.39. The second kappa shape index (κ2) is 11.5. The monoisotopic (exact) mass is 527 g/mol. The number of nitrogens with zero attached hydrogens (tertiary/aromatic N) is 3. The van der Waals surface area contributed by atoms with Crippen LogP contribution >= 0.6 is 35.3 Å². The molecule has 0 spiro atoms. The summed E-state index contributed by atoms with van der Waals surface area (Å²) in [6, 6.07) is 8.18. The third kappa shape index (κ3) is 6.40. The lowest BCUT2D eigenvalue weighted by molar-refractivity contribution is -0.118. The Labute approximate surface area is 194 Å². The van der Waals surface area contributed by atoms with Gasteiger partial charge in [-0.2, -0.15) is 0 Å². The van der Waals surface area contributed by atoms with Gasteiger partial charge in [-0.25, -0.2) is 9.98 Å². The summed E-state index contributed by atoms with van der Waals surface area (Å²) < 4.78 is 0. The van der Waals surface area contributed by atoms with Gasteiger partial charge in [0.1, 0.15) is 0 Å². The molecule has 1 aliphatic rings. The fraction of sp³-hybridized carbons (Fsp3) is 0.476. The number of thiazole rings is 1. The summed E-state index contributed by atoms with van der Waals surface area (Å²) in [5, 5.41) is 7.67. The van der Waals surface area contributed by atoms with Crippen molar-refractivity contribution in [2.75, 3.05) is 24.5 Å². The third-order valence-corrected chi connectivity index (χ3v) is 5.83. The number of anilines is 1. The molecule has 8 heteroatoms. The Balaban J connectivity index is 0.00000300. The highest BCUT2D eigenvalue weighted by molar-refractivity contribution is 14.0. The molecule has 0 atom stereocenters. The van der Waals surface area contributed by atoms with Crippen molar-refractivity contribution in [2.24, 2.45) is 4.99 Å². The summed E-state index contributed by atoms with van der Waals surface area (Å²) >= 11 is 1.69. The summed E-state index contributed by atoms with van der Waals surface area (Å²) in [4.78, 5) is 24.8. The topological polar surface area (TPSA) is 69.6 Å². The number of carbonyl (C=O) groups excluding carboxylic acids is 1. The molecule has 2 aromatic rings. The van der Waals surface area contributed by atoms with Gasteiger partial charge in [-0.3, -0.25) is 4.79 Å². The number of aromatic nitrogens is 1. The Morgan fingerprint density at radius 3 is 2.79 bits per heavy atom. The molecule has 0 fully saturated rings. The van der Waals surface area contributed by atoms with Crippen LogP contribution in [-0.2, 0) is 17.8 Å². The molecule has 1 aromatic carbocycles. The van der Waals surface area contributed by atoms with Crippen molar-refractivity contribution in [3.63, 3.8) is 0 Å². The van der Waals surface area contributed by atoms with Crippen LogP contribution in [0.25, 0.3) is 0 Å². The number of rotatable bonds is 7. The first-order chi connectivity index (χ1) is 13.6. The van der Waals surface area contributed by atoms with E-state index in [-0.39, 0.29) is 29.9 Å². The maximum absolute atomic E-state index is 12.6. The standard InChI is InChI=1S/C21H29N5OS.HI/c1-4-22-21(24-14-19-15(2)25-16(3)28-19)23-12-7-10-20(27)26-13-11-17-8-5-6-9-18(17)26;/h5-6,8-9H,4,7,10-14H2,1-3H3,(H2,22,23,24);1H. The van der Waals surface area contributed by atoms with E-state index in [1.807, 2.05) is 43.9 Å². The van der Waals surface area contributed by atoms with E-state index in [1.54, 1.807) is 11.3 Å². The Hall–Kier alpha value is -1.68. The zero-order valence-electron chi connectivity index (χ0n) is 17.3. The molecule has 6 nitrogen and oxygen atoms in total. The minimum atomic E-state index is 0. The summed E-state index contributed by atoms with van der Waals surface area (Å²) in [6.45, 7) is 9.03. The molecule has 2 N–H and O–H groups in total. The van der Waals surface area contributed by atoms with Gasteiger partial charge in [-0.05, 0) is 45.2 Å². The Kier molecular flexibility index (Phi) is 9.35. The molecule has 0 radical (unpaired) electrons. The van der Waals surface area contributed by atoms with E-state index in [1.165, 1.54) is 10.4 Å². The molecule has 2 heterocycles.